The Bertz CT molecular complexity index is 669. The van der Waals surface area contributed by atoms with Crippen molar-refractivity contribution >= 4 is 22.5 Å². The van der Waals surface area contributed by atoms with E-state index in [1.807, 2.05) is 24.3 Å². The van der Waals surface area contributed by atoms with E-state index < -0.39 is 0 Å². The summed E-state index contributed by atoms with van der Waals surface area (Å²) < 4.78 is 0. The zero-order valence-electron chi connectivity index (χ0n) is 11.4. The van der Waals surface area contributed by atoms with Crippen LogP contribution in [-0.2, 0) is 0 Å². The largest absolute Gasteiger partial charge is 0.397 e. The van der Waals surface area contributed by atoms with Gasteiger partial charge in [-0.3, -0.25) is 4.79 Å². The maximum Gasteiger partial charge on any atom is 0.267 e. The van der Waals surface area contributed by atoms with E-state index in [-0.39, 0.29) is 5.91 Å². The molecule has 4 heteroatoms. The summed E-state index contributed by atoms with van der Waals surface area (Å²) in [6.07, 6.45) is 6.86. The van der Waals surface area contributed by atoms with Crippen molar-refractivity contribution in [3.8, 4) is 0 Å². The first-order valence-corrected chi connectivity index (χ1v) is 7.07. The maximum atomic E-state index is 12.1. The Balaban J connectivity index is 1.64. The van der Waals surface area contributed by atoms with Gasteiger partial charge in [0.2, 0.25) is 0 Å². The molecule has 0 spiro atoms. The molecular weight excluding hydrogens is 250 g/mol. The molecule has 0 radical (unpaired) electrons. The van der Waals surface area contributed by atoms with Gasteiger partial charge in [0, 0.05) is 11.9 Å². The quantitative estimate of drug-likeness (QED) is 0.590. The molecule has 4 N–H and O–H groups in total. The third-order valence-electron chi connectivity index (χ3n) is 3.80. The van der Waals surface area contributed by atoms with Crippen LogP contribution in [0.25, 0.3) is 10.9 Å². The van der Waals surface area contributed by atoms with Crippen molar-refractivity contribution in [2.24, 2.45) is 0 Å². The highest BCUT2D eigenvalue weighted by atomic mass is 16.1. The Kier molecular flexibility index (Phi) is 3.46. The molecule has 3 rings (SSSR count). The number of amides is 1. The van der Waals surface area contributed by atoms with Crippen molar-refractivity contribution in [2.75, 3.05) is 12.3 Å². The number of carbonyl (C=O) groups excluding carboxylic acids is 1. The van der Waals surface area contributed by atoms with E-state index in [0.717, 1.165) is 17.3 Å². The summed E-state index contributed by atoms with van der Waals surface area (Å²) in [5.41, 5.74) is 9.41. The van der Waals surface area contributed by atoms with E-state index in [2.05, 4.69) is 16.4 Å². The highest BCUT2D eigenvalue weighted by molar-refractivity contribution is 6.00. The van der Waals surface area contributed by atoms with Gasteiger partial charge in [-0.1, -0.05) is 23.8 Å². The van der Waals surface area contributed by atoms with Gasteiger partial charge < -0.3 is 16.0 Å². The fourth-order valence-electron chi connectivity index (χ4n) is 2.70. The van der Waals surface area contributed by atoms with Gasteiger partial charge in [0.05, 0.1) is 11.2 Å². The highest BCUT2D eigenvalue weighted by Crippen LogP contribution is 2.21. The van der Waals surface area contributed by atoms with Crippen LogP contribution in [0.3, 0.4) is 0 Å². The van der Waals surface area contributed by atoms with Gasteiger partial charge in [-0.15, -0.1) is 0 Å². The summed E-state index contributed by atoms with van der Waals surface area (Å²) >= 11 is 0. The lowest BCUT2D eigenvalue weighted by Crippen LogP contribution is -2.24. The van der Waals surface area contributed by atoms with Crippen LogP contribution < -0.4 is 11.1 Å². The highest BCUT2D eigenvalue weighted by Gasteiger charge is 2.11. The maximum absolute atomic E-state index is 12.1. The molecule has 1 aliphatic carbocycles. The van der Waals surface area contributed by atoms with Crippen molar-refractivity contribution in [2.45, 2.75) is 25.7 Å². The van der Waals surface area contributed by atoms with Crippen molar-refractivity contribution in [1.29, 1.82) is 0 Å². The van der Waals surface area contributed by atoms with Crippen LogP contribution in [0, 0.1) is 0 Å². The van der Waals surface area contributed by atoms with E-state index in [1.165, 1.54) is 24.8 Å². The van der Waals surface area contributed by atoms with Gasteiger partial charge >= 0.3 is 0 Å². The first-order chi connectivity index (χ1) is 9.74. The van der Waals surface area contributed by atoms with Gasteiger partial charge in [0.1, 0.15) is 5.69 Å². The molecule has 20 heavy (non-hydrogen) atoms. The first-order valence-electron chi connectivity index (χ1n) is 7.07. The number of nitrogens with two attached hydrogens (primary N) is 1. The van der Waals surface area contributed by atoms with Gasteiger partial charge in [-0.25, -0.2) is 0 Å². The topological polar surface area (TPSA) is 70.9 Å². The van der Waals surface area contributed by atoms with Crippen molar-refractivity contribution < 1.29 is 4.79 Å². The number of rotatable bonds is 4. The fraction of sp³-hybridized carbons (Fsp3) is 0.312. The van der Waals surface area contributed by atoms with E-state index in [9.17, 15) is 4.79 Å². The monoisotopic (exact) mass is 269 g/mol. The molecule has 0 saturated heterocycles. The van der Waals surface area contributed by atoms with E-state index in [0.29, 0.717) is 17.9 Å². The molecule has 1 heterocycles. The second-order valence-corrected chi connectivity index (χ2v) is 5.25. The SMILES string of the molecule is Nc1cccc2cc(C(=O)NCCC3=CCCC3)[nH]c12. The zero-order valence-corrected chi connectivity index (χ0v) is 11.4. The Labute approximate surface area is 118 Å². The van der Waals surface area contributed by atoms with Crippen LogP contribution in [0.1, 0.15) is 36.2 Å². The number of H-pyrrole nitrogens is 1. The molecule has 1 aromatic carbocycles. The molecule has 104 valence electrons. The molecule has 0 unspecified atom stereocenters. The molecule has 1 aromatic heterocycles. The number of anilines is 1. The van der Waals surface area contributed by atoms with E-state index in [4.69, 9.17) is 5.73 Å². The smallest absolute Gasteiger partial charge is 0.267 e. The number of benzene rings is 1. The summed E-state index contributed by atoms with van der Waals surface area (Å²) in [7, 11) is 0. The molecule has 0 aliphatic heterocycles. The molecule has 1 amide bonds. The van der Waals surface area contributed by atoms with Gasteiger partial charge in [-0.05, 0) is 37.8 Å². The molecule has 0 bridgehead atoms. The lowest BCUT2D eigenvalue weighted by molar-refractivity contribution is 0.0950. The Morgan fingerprint density at radius 1 is 1.40 bits per heavy atom. The van der Waals surface area contributed by atoms with Crippen LogP contribution >= 0.6 is 0 Å². The predicted octanol–water partition coefficient (Wildman–Crippen LogP) is 2.98. The van der Waals surface area contributed by atoms with E-state index in [1.54, 1.807) is 0 Å². The normalized spacial score (nSPS) is 14.5. The predicted molar refractivity (Wildman–Crippen MR) is 81.6 cm³/mol. The number of nitrogens with one attached hydrogen (secondary N) is 2. The number of hydrogen-bond donors (Lipinski definition) is 3. The molecule has 0 saturated carbocycles. The number of para-hydroxylation sites is 1. The minimum atomic E-state index is -0.0702. The molecule has 0 atom stereocenters. The lowest BCUT2D eigenvalue weighted by atomic mass is 10.2. The van der Waals surface area contributed by atoms with E-state index >= 15 is 0 Å². The van der Waals surface area contributed by atoms with Crippen molar-refractivity contribution in [3.63, 3.8) is 0 Å². The average Bonchev–Trinajstić information content (AvgIpc) is 3.07. The number of aromatic amines is 1. The third-order valence-corrected chi connectivity index (χ3v) is 3.80. The second-order valence-electron chi connectivity index (χ2n) is 5.25. The van der Waals surface area contributed by atoms with Crippen LogP contribution in [0.2, 0.25) is 0 Å². The number of fused-ring (bicyclic) bond motifs is 1. The molecule has 2 aromatic rings. The third kappa shape index (κ3) is 2.54. The minimum Gasteiger partial charge on any atom is -0.397 e. The Morgan fingerprint density at radius 3 is 3.05 bits per heavy atom. The first kappa shape index (κ1) is 12.8. The molecule has 4 nitrogen and oxygen atoms in total. The van der Waals surface area contributed by atoms with Crippen LogP contribution in [-0.4, -0.2) is 17.4 Å². The van der Waals surface area contributed by atoms with Gasteiger partial charge in [-0.2, -0.15) is 0 Å². The molecule has 1 aliphatic rings. The zero-order chi connectivity index (χ0) is 13.9. The molecule has 0 fully saturated rings. The van der Waals surface area contributed by atoms with Gasteiger partial charge in [0.25, 0.3) is 5.91 Å². The Hall–Kier alpha value is -2.23. The molecular formula is C16H19N3O. The fourth-order valence-corrected chi connectivity index (χ4v) is 2.70. The summed E-state index contributed by atoms with van der Waals surface area (Å²) in [6.45, 7) is 0.690. The van der Waals surface area contributed by atoms with Crippen LogP contribution in [0.5, 0.6) is 0 Å². The van der Waals surface area contributed by atoms with Crippen molar-refractivity contribution in [3.05, 3.63) is 41.6 Å². The number of carbonyl (C=O) groups is 1. The second kappa shape index (κ2) is 5.41. The number of hydrogen-bond acceptors (Lipinski definition) is 2. The minimum absolute atomic E-state index is 0.0702. The summed E-state index contributed by atoms with van der Waals surface area (Å²) in [5, 5.41) is 3.92. The number of aromatic nitrogens is 1. The lowest BCUT2D eigenvalue weighted by Gasteiger charge is -2.04. The average molecular weight is 269 g/mol. The summed E-state index contributed by atoms with van der Waals surface area (Å²) in [6, 6.07) is 7.50. The van der Waals surface area contributed by atoms with Crippen molar-refractivity contribution in [1.82, 2.24) is 10.3 Å². The summed E-state index contributed by atoms with van der Waals surface area (Å²) in [4.78, 5) is 15.2. The number of allylic oxidation sites excluding steroid dienone is 1. The van der Waals surface area contributed by atoms with Crippen LogP contribution in [0.15, 0.2) is 35.9 Å². The Morgan fingerprint density at radius 2 is 2.30 bits per heavy atom. The summed E-state index contributed by atoms with van der Waals surface area (Å²) in [5.74, 6) is -0.0702. The van der Waals surface area contributed by atoms with Gasteiger partial charge in [0.15, 0.2) is 0 Å². The van der Waals surface area contributed by atoms with Crippen LogP contribution in [0.4, 0.5) is 5.69 Å². The number of nitrogen functional groups attached to an aromatic ring is 1. The standard InChI is InChI=1S/C16H19N3O/c17-13-7-3-6-12-10-14(19-15(12)13)16(20)18-9-8-11-4-1-2-5-11/h3-4,6-7,10,19H,1-2,5,8-9,17H2,(H,18,20).